The van der Waals surface area contributed by atoms with E-state index in [4.69, 9.17) is 4.98 Å². The molecule has 0 atom stereocenters. The van der Waals surface area contributed by atoms with Crippen LogP contribution in [0.25, 0.3) is 22.6 Å². The zero-order valence-corrected chi connectivity index (χ0v) is 14.8. The van der Waals surface area contributed by atoms with Crippen LogP contribution in [0.1, 0.15) is 0 Å². The summed E-state index contributed by atoms with van der Waals surface area (Å²) in [6, 6.07) is 18.5. The molecule has 0 saturated carbocycles. The number of halogens is 1. The fourth-order valence-corrected chi connectivity index (χ4v) is 3.16. The molecule has 132 valence electrons. The maximum absolute atomic E-state index is 14.4. The molecular formula is C21H21FN4. The number of benzene rings is 2. The van der Waals surface area contributed by atoms with E-state index in [1.54, 1.807) is 12.1 Å². The van der Waals surface area contributed by atoms with Crippen molar-refractivity contribution in [3.63, 3.8) is 0 Å². The van der Waals surface area contributed by atoms with E-state index in [1.165, 1.54) is 6.07 Å². The van der Waals surface area contributed by atoms with Crippen molar-refractivity contribution in [2.24, 2.45) is 0 Å². The van der Waals surface area contributed by atoms with Crippen LogP contribution in [0.5, 0.6) is 0 Å². The molecule has 3 aromatic rings. The van der Waals surface area contributed by atoms with Gasteiger partial charge < -0.3 is 9.80 Å². The smallest absolute Gasteiger partial charge is 0.162 e. The number of anilines is 1. The number of piperazine rings is 1. The van der Waals surface area contributed by atoms with Crippen molar-refractivity contribution in [1.82, 2.24) is 14.9 Å². The molecule has 0 bridgehead atoms. The summed E-state index contributed by atoms with van der Waals surface area (Å²) in [7, 11) is 2.12. The Morgan fingerprint density at radius 2 is 1.54 bits per heavy atom. The van der Waals surface area contributed by atoms with Crippen LogP contribution in [0.2, 0.25) is 0 Å². The van der Waals surface area contributed by atoms with Gasteiger partial charge in [-0.15, -0.1) is 0 Å². The molecule has 1 aliphatic rings. The van der Waals surface area contributed by atoms with Crippen molar-refractivity contribution in [2.75, 3.05) is 38.1 Å². The van der Waals surface area contributed by atoms with Gasteiger partial charge in [-0.1, -0.05) is 42.5 Å². The third-order valence-corrected chi connectivity index (χ3v) is 4.72. The van der Waals surface area contributed by atoms with Gasteiger partial charge in [0, 0.05) is 43.4 Å². The monoisotopic (exact) mass is 348 g/mol. The van der Waals surface area contributed by atoms with E-state index in [9.17, 15) is 4.39 Å². The SMILES string of the molecule is CN1CCN(c2cc(-c3ccccc3F)nc(-c3ccccc3)n2)CC1. The fraction of sp³-hybridized carbons (Fsp3) is 0.238. The second kappa shape index (κ2) is 7.22. The average Bonchev–Trinajstić information content (AvgIpc) is 2.69. The van der Waals surface area contributed by atoms with Crippen molar-refractivity contribution in [2.45, 2.75) is 0 Å². The number of nitrogens with zero attached hydrogens (tertiary/aromatic N) is 4. The van der Waals surface area contributed by atoms with E-state index >= 15 is 0 Å². The number of hydrogen-bond acceptors (Lipinski definition) is 4. The Labute approximate surface area is 152 Å². The highest BCUT2D eigenvalue weighted by Gasteiger charge is 2.19. The molecule has 0 radical (unpaired) electrons. The molecule has 4 nitrogen and oxygen atoms in total. The van der Waals surface area contributed by atoms with Gasteiger partial charge in [-0.3, -0.25) is 0 Å². The Balaban J connectivity index is 1.81. The minimum Gasteiger partial charge on any atom is -0.354 e. The van der Waals surface area contributed by atoms with Crippen molar-refractivity contribution in [3.8, 4) is 22.6 Å². The summed E-state index contributed by atoms with van der Waals surface area (Å²) in [5.41, 5.74) is 2.05. The maximum Gasteiger partial charge on any atom is 0.162 e. The summed E-state index contributed by atoms with van der Waals surface area (Å²) in [6.45, 7) is 3.77. The normalized spacial score (nSPS) is 15.2. The molecule has 2 heterocycles. The van der Waals surface area contributed by atoms with Crippen LogP contribution in [0.3, 0.4) is 0 Å². The van der Waals surface area contributed by atoms with Gasteiger partial charge >= 0.3 is 0 Å². The summed E-state index contributed by atoms with van der Waals surface area (Å²) >= 11 is 0. The van der Waals surface area contributed by atoms with Crippen LogP contribution < -0.4 is 4.90 Å². The zero-order chi connectivity index (χ0) is 17.9. The van der Waals surface area contributed by atoms with E-state index in [2.05, 4.69) is 21.8 Å². The summed E-state index contributed by atoms with van der Waals surface area (Å²) < 4.78 is 14.4. The van der Waals surface area contributed by atoms with Crippen LogP contribution >= 0.6 is 0 Å². The molecule has 5 heteroatoms. The second-order valence-corrected chi connectivity index (χ2v) is 6.57. The molecule has 0 amide bonds. The topological polar surface area (TPSA) is 32.3 Å². The van der Waals surface area contributed by atoms with Crippen LogP contribution in [-0.2, 0) is 0 Å². The lowest BCUT2D eigenvalue weighted by Crippen LogP contribution is -2.44. The molecule has 1 fully saturated rings. The first-order chi connectivity index (χ1) is 12.7. The van der Waals surface area contributed by atoms with Crippen LogP contribution in [0.15, 0.2) is 60.7 Å². The van der Waals surface area contributed by atoms with Gasteiger partial charge in [-0.25, -0.2) is 14.4 Å². The van der Waals surface area contributed by atoms with Gasteiger partial charge in [0.2, 0.25) is 0 Å². The van der Waals surface area contributed by atoms with Crippen molar-refractivity contribution in [3.05, 3.63) is 66.5 Å². The first kappa shape index (κ1) is 16.7. The van der Waals surface area contributed by atoms with Gasteiger partial charge in [0.1, 0.15) is 11.6 Å². The molecule has 0 N–H and O–H groups in total. The molecule has 1 aliphatic heterocycles. The number of aromatic nitrogens is 2. The summed E-state index contributed by atoms with van der Waals surface area (Å²) in [4.78, 5) is 14.0. The zero-order valence-electron chi connectivity index (χ0n) is 14.8. The third kappa shape index (κ3) is 3.44. The van der Waals surface area contributed by atoms with Gasteiger partial charge in [0.15, 0.2) is 5.82 Å². The maximum atomic E-state index is 14.4. The first-order valence-corrected chi connectivity index (χ1v) is 8.83. The highest BCUT2D eigenvalue weighted by Crippen LogP contribution is 2.28. The molecule has 0 aliphatic carbocycles. The lowest BCUT2D eigenvalue weighted by atomic mass is 10.1. The molecule has 26 heavy (non-hydrogen) atoms. The van der Waals surface area contributed by atoms with Crippen LogP contribution in [0, 0.1) is 5.82 Å². The predicted octanol–water partition coefficient (Wildman–Crippen LogP) is 3.70. The minimum atomic E-state index is -0.269. The molecular weight excluding hydrogens is 327 g/mol. The summed E-state index contributed by atoms with van der Waals surface area (Å²) in [5.74, 6) is 1.21. The standard InChI is InChI=1S/C21H21FN4/c1-25-11-13-26(14-12-25)20-15-19(17-9-5-6-10-18(17)22)23-21(24-20)16-7-3-2-4-8-16/h2-10,15H,11-14H2,1H3. The quantitative estimate of drug-likeness (QED) is 0.722. The number of likely N-dealkylation sites (N-methyl/N-ethyl adjacent to an activating group) is 1. The summed E-state index contributed by atoms with van der Waals surface area (Å²) in [6.07, 6.45) is 0. The lowest BCUT2D eigenvalue weighted by Gasteiger charge is -2.33. The van der Waals surface area contributed by atoms with E-state index < -0.39 is 0 Å². The first-order valence-electron chi connectivity index (χ1n) is 8.83. The van der Waals surface area contributed by atoms with Crippen LogP contribution in [0.4, 0.5) is 10.2 Å². The predicted molar refractivity (Wildman–Crippen MR) is 103 cm³/mol. The molecule has 1 saturated heterocycles. The Morgan fingerprint density at radius 1 is 0.846 bits per heavy atom. The van der Waals surface area contributed by atoms with Crippen molar-refractivity contribution < 1.29 is 4.39 Å². The highest BCUT2D eigenvalue weighted by molar-refractivity contribution is 5.68. The Kier molecular flexibility index (Phi) is 4.63. The van der Waals surface area contributed by atoms with E-state index in [0.29, 0.717) is 17.1 Å². The minimum absolute atomic E-state index is 0.269. The van der Waals surface area contributed by atoms with Gasteiger partial charge in [-0.05, 0) is 19.2 Å². The van der Waals surface area contributed by atoms with Gasteiger partial charge in [0.05, 0.1) is 5.69 Å². The highest BCUT2D eigenvalue weighted by atomic mass is 19.1. The number of hydrogen-bond donors (Lipinski definition) is 0. The molecule has 1 aromatic heterocycles. The Bertz CT molecular complexity index is 890. The fourth-order valence-electron chi connectivity index (χ4n) is 3.16. The lowest BCUT2D eigenvalue weighted by molar-refractivity contribution is 0.312. The van der Waals surface area contributed by atoms with Gasteiger partial charge in [0.25, 0.3) is 0 Å². The van der Waals surface area contributed by atoms with Gasteiger partial charge in [-0.2, -0.15) is 0 Å². The molecule has 2 aromatic carbocycles. The van der Waals surface area contributed by atoms with E-state index in [-0.39, 0.29) is 5.82 Å². The molecule has 0 unspecified atom stereocenters. The average molecular weight is 348 g/mol. The second-order valence-electron chi connectivity index (χ2n) is 6.57. The van der Waals surface area contributed by atoms with Crippen molar-refractivity contribution >= 4 is 5.82 Å². The molecule has 4 rings (SSSR count). The van der Waals surface area contributed by atoms with Crippen LogP contribution in [-0.4, -0.2) is 48.1 Å². The van der Waals surface area contributed by atoms with E-state index in [0.717, 1.165) is 37.6 Å². The van der Waals surface area contributed by atoms with E-state index in [1.807, 2.05) is 42.5 Å². The third-order valence-electron chi connectivity index (χ3n) is 4.72. The summed E-state index contributed by atoms with van der Waals surface area (Å²) in [5, 5.41) is 0. The van der Waals surface area contributed by atoms with Crippen molar-refractivity contribution in [1.29, 1.82) is 0 Å². The Hall–Kier alpha value is -2.79. The Morgan fingerprint density at radius 3 is 2.27 bits per heavy atom. The number of rotatable bonds is 3. The largest absolute Gasteiger partial charge is 0.354 e. The molecule has 0 spiro atoms.